The van der Waals surface area contributed by atoms with Crippen LogP contribution in [0.25, 0.3) is 0 Å². The van der Waals surface area contributed by atoms with Gasteiger partial charge in [0.2, 0.25) is 5.91 Å². The monoisotopic (exact) mass is 266 g/mol. The Morgan fingerprint density at radius 3 is 2.83 bits per heavy atom. The van der Waals surface area contributed by atoms with Gasteiger partial charge in [-0.25, -0.2) is 4.98 Å². The van der Waals surface area contributed by atoms with Gasteiger partial charge in [-0.05, 0) is 26.0 Å². The van der Waals surface area contributed by atoms with E-state index in [0.717, 1.165) is 0 Å². The van der Waals surface area contributed by atoms with Crippen molar-refractivity contribution in [3.8, 4) is 6.07 Å². The van der Waals surface area contributed by atoms with Crippen molar-refractivity contribution in [1.82, 2.24) is 10.3 Å². The Morgan fingerprint density at radius 1 is 1.56 bits per heavy atom. The number of pyridine rings is 1. The average molecular weight is 267 g/mol. The van der Waals surface area contributed by atoms with E-state index in [1.807, 2.05) is 19.9 Å². The Bertz CT molecular complexity index is 470. The molecule has 0 unspecified atom stereocenters. The van der Waals surface area contributed by atoms with E-state index in [4.69, 9.17) is 16.9 Å². The van der Waals surface area contributed by atoms with Gasteiger partial charge < -0.3 is 10.2 Å². The second kappa shape index (κ2) is 6.82. The number of nitrogens with zero attached hydrogens (tertiary/aromatic N) is 3. The molecule has 0 aromatic carbocycles. The van der Waals surface area contributed by atoms with Crippen LogP contribution in [0.4, 0.5) is 5.82 Å². The molecule has 0 spiro atoms. The number of nitrogens with one attached hydrogen (secondary N) is 1. The number of anilines is 1. The summed E-state index contributed by atoms with van der Waals surface area (Å²) < 4.78 is 0. The lowest BCUT2D eigenvalue weighted by Crippen LogP contribution is -2.37. The molecular formula is C12H15ClN4O. The van der Waals surface area contributed by atoms with Crippen LogP contribution in [0.15, 0.2) is 12.1 Å². The third-order valence-corrected chi connectivity index (χ3v) is 2.52. The van der Waals surface area contributed by atoms with Crippen LogP contribution in [0.1, 0.15) is 19.4 Å². The van der Waals surface area contributed by atoms with Gasteiger partial charge in [-0.1, -0.05) is 11.6 Å². The van der Waals surface area contributed by atoms with E-state index in [9.17, 15) is 4.79 Å². The molecule has 1 amide bonds. The first kappa shape index (κ1) is 14.3. The molecule has 1 N–H and O–H groups in total. The molecule has 5 nitrogen and oxygen atoms in total. The molecule has 0 aliphatic carbocycles. The van der Waals surface area contributed by atoms with E-state index < -0.39 is 0 Å². The normalized spacial score (nSPS) is 9.67. The minimum atomic E-state index is -0.0837. The molecular weight excluding hydrogens is 252 g/mol. The van der Waals surface area contributed by atoms with Gasteiger partial charge in [-0.3, -0.25) is 4.79 Å². The highest BCUT2D eigenvalue weighted by Gasteiger charge is 2.12. The molecule has 0 bridgehead atoms. The van der Waals surface area contributed by atoms with Crippen molar-refractivity contribution in [1.29, 1.82) is 5.26 Å². The van der Waals surface area contributed by atoms with Crippen LogP contribution in [0.5, 0.6) is 0 Å². The van der Waals surface area contributed by atoms with E-state index in [1.54, 1.807) is 11.0 Å². The third kappa shape index (κ3) is 3.90. The molecule has 0 saturated carbocycles. The molecule has 6 heteroatoms. The van der Waals surface area contributed by atoms with Crippen LogP contribution in [-0.4, -0.2) is 30.5 Å². The van der Waals surface area contributed by atoms with Gasteiger partial charge in [0.1, 0.15) is 11.0 Å². The molecule has 1 aromatic heterocycles. The number of amides is 1. The van der Waals surface area contributed by atoms with Gasteiger partial charge in [0.05, 0.1) is 18.2 Å². The summed E-state index contributed by atoms with van der Waals surface area (Å²) in [5.41, 5.74) is 0.430. The fourth-order valence-electron chi connectivity index (χ4n) is 1.49. The van der Waals surface area contributed by atoms with Gasteiger partial charge in [0.25, 0.3) is 0 Å². The highest BCUT2D eigenvalue weighted by molar-refractivity contribution is 6.29. The number of hydrogen-bond donors (Lipinski definition) is 1. The summed E-state index contributed by atoms with van der Waals surface area (Å²) in [7, 11) is 0. The van der Waals surface area contributed by atoms with E-state index in [-0.39, 0.29) is 17.6 Å². The van der Waals surface area contributed by atoms with Crippen LogP contribution >= 0.6 is 11.6 Å². The predicted molar refractivity (Wildman–Crippen MR) is 70.5 cm³/mol. The number of carbonyl (C=O) groups is 1. The molecule has 1 aromatic rings. The van der Waals surface area contributed by atoms with Crippen molar-refractivity contribution >= 4 is 23.3 Å². The van der Waals surface area contributed by atoms with Crippen molar-refractivity contribution < 1.29 is 4.79 Å². The lowest BCUT2D eigenvalue weighted by Gasteiger charge is -2.21. The maximum absolute atomic E-state index is 11.5. The fourth-order valence-corrected chi connectivity index (χ4v) is 1.69. The summed E-state index contributed by atoms with van der Waals surface area (Å²) >= 11 is 5.84. The molecule has 18 heavy (non-hydrogen) atoms. The number of halogens is 1. The first-order valence-electron chi connectivity index (χ1n) is 5.70. The highest BCUT2D eigenvalue weighted by atomic mass is 35.5. The Balaban J connectivity index is 2.91. The van der Waals surface area contributed by atoms with Gasteiger partial charge in [-0.2, -0.15) is 5.26 Å². The summed E-state index contributed by atoms with van der Waals surface area (Å²) in [5.74, 6) is 0.451. The molecule has 1 heterocycles. The SMILES string of the molecule is CCNC(=O)CN(CC)c1cc(C#N)cc(Cl)n1. The van der Waals surface area contributed by atoms with Crippen LogP contribution in [-0.2, 0) is 4.79 Å². The number of carbonyl (C=O) groups excluding carboxylic acids is 1. The van der Waals surface area contributed by atoms with Gasteiger partial charge >= 0.3 is 0 Å². The smallest absolute Gasteiger partial charge is 0.239 e. The minimum absolute atomic E-state index is 0.0837. The summed E-state index contributed by atoms with van der Waals surface area (Å²) in [6.45, 7) is 5.16. The quantitative estimate of drug-likeness (QED) is 0.822. The Hall–Kier alpha value is -1.80. The number of hydrogen-bond acceptors (Lipinski definition) is 4. The molecule has 0 saturated heterocycles. The van der Waals surface area contributed by atoms with Crippen molar-refractivity contribution in [2.75, 3.05) is 24.5 Å². The summed E-state index contributed by atoms with van der Waals surface area (Å²) in [4.78, 5) is 17.4. The van der Waals surface area contributed by atoms with Gasteiger partial charge in [0.15, 0.2) is 0 Å². The van der Waals surface area contributed by atoms with Crippen LogP contribution in [0.2, 0.25) is 5.15 Å². The highest BCUT2D eigenvalue weighted by Crippen LogP contribution is 2.17. The van der Waals surface area contributed by atoms with Crippen LogP contribution in [0, 0.1) is 11.3 Å². The molecule has 0 aliphatic heterocycles. The Morgan fingerprint density at radius 2 is 2.28 bits per heavy atom. The summed E-state index contributed by atoms with van der Waals surface area (Å²) in [6.07, 6.45) is 0. The summed E-state index contributed by atoms with van der Waals surface area (Å²) in [6, 6.07) is 5.12. The molecule has 0 fully saturated rings. The molecule has 0 aliphatic rings. The zero-order valence-corrected chi connectivity index (χ0v) is 11.2. The molecule has 1 rings (SSSR count). The predicted octanol–water partition coefficient (Wildman–Crippen LogP) is 1.57. The van der Waals surface area contributed by atoms with E-state index in [2.05, 4.69) is 10.3 Å². The second-order valence-corrected chi connectivity index (χ2v) is 4.00. The third-order valence-electron chi connectivity index (χ3n) is 2.32. The molecule has 0 atom stereocenters. The Labute approximate surface area is 111 Å². The van der Waals surface area contributed by atoms with E-state index in [0.29, 0.717) is 24.5 Å². The van der Waals surface area contributed by atoms with Crippen LogP contribution in [0.3, 0.4) is 0 Å². The maximum Gasteiger partial charge on any atom is 0.239 e. The fraction of sp³-hybridized carbons (Fsp3) is 0.417. The largest absolute Gasteiger partial charge is 0.355 e. The molecule has 0 radical (unpaired) electrons. The standard InChI is InChI=1S/C12H15ClN4O/c1-3-15-12(18)8-17(4-2)11-6-9(7-14)5-10(13)16-11/h5-6H,3-4,8H2,1-2H3,(H,15,18). The van der Waals surface area contributed by atoms with E-state index >= 15 is 0 Å². The number of rotatable bonds is 5. The first-order valence-corrected chi connectivity index (χ1v) is 6.07. The maximum atomic E-state index is 11.5. The zero-order valence-electron chi connectivity index (χ0n) is 10.4. The second-order valence-electron chi connectivity index (χ2n) is 3.62. The molecule has 96 valence electrons. The number of aromatic nitrogens is 1. The summed E-state index contributed by atoms with van der Waals surface area (Å²) in [5, 5.41) is 11.8. The Kier molecular flexibility index (Phi) is 5.40. The van der Waals surface area contributed by atoms with Crippen LogP contribution < -0.4 is 10.2 Å². The lowest BCUT2D eigenvalue weighted by molar-refractivity contribution is -0.119. The van der Waals surface area contributed by atoms with Crippen molar-refractivity contribution in [3.63, 3.8) is 0 Å². The first-order chi connectivity index (χ1) is 8.60. The zero-order chi connectivity index (χ0) is 13.5. The number of nitriles is 1. The number of likely N-dealkylation sites (N-methyl/N-ethyl adjacent to an activating group) is 2. The van der Waals surface area contributed by atoms with Gasteiger partial charge in [0, 0.05) is 13.1 Å². The van der Waals surface area contributed by atoms with Crippen molar-refractivity contribution in [3.05, 3.63) is 22.8 Å². The van der Waals surface area contributed by atoms with Crippen molar-refractivity contribution in [2.24, 2.45) is 0 Å². The van der Waals surface area contributed by atoms with Crippen molar-refractivity contribution in [2.45, 2.75) is 13.8 Å². The average Bonchev–Trinajstić information content (AvgIpc) is 2.35. The topological polar surface area (TPSA) is 69.0 Å². The van der Waals surface area contributed by atoms with E-state index in [1.165, 1.54) is 6.07 Å². The van der Waals surface area contributed by atoms with Gasteiger partial charge in [-0.15, -0.1) is 0 Å². The lowest BCUT2D eigenvalue weighted by atomic mass is 10.2. The minimum Gasteiger partial charge on any atom is -0.355 e.